The highest BCUT2D eigenvalue weighted by molar-refractivity contribution is 6.44. The zero-order valence-corrected chi connectivity index (χ0v) is 17.0. The number of methoxy groups -OCH3 is 1. The first-order valence-corrected chi connectivity index (χ1v) is 9.30. The van der Waals surface area contributed by atoms with Gasteiger partial charge >= 0.3 is 0 Å². The van der Waals surface area contributed by atoms with Crippen molar-refractivity contribution in [3.63, 3.8) is 0 Å². The lowest BCUT2D eigenvalue weighted by Gasteiger charge is -2.20. The van der Waals surface area contributed by atoms with Gasteiger partial charge in [-0.15, -0.1) is 10.2 Å². The van der Waals surface area contributed by atoms with Crippen LogP contribution in [0.5, 0.6) is 5.88 Å². The SMILES string of the molecule is C/C=C\N=C1CC=C(c2cccc(C(C)=NC)c2)NC1=Nc1ccc(OC)nn1. The minimum absolute atomic E-state index is 0.443. The smallest absolute Gasteiger partial charge is 0.233 e. The van der Waals surface area contributed by atoms with E-state index in [-0.39, 0.29) is 0 Å². The molecule has 0 spiro atoms. The highest BCUT2D eigenvalue weighted by atomic mass is 16.5. The Kier molecular flexibility index (Phi) is 6.63. The Bertz CT molecular complexity index is 1020. The van der Waals surface area contributed by atoms with E-state index < -0.39 is 0 Å². The molecule has 1 aromatic heterocycles. The van der Waals surface area contributed by atoms with E-state index in [1.54, 1.807) is 32.5 Å². The lowest BCUT2D eigenvalue weighted by Crippen LogP contribution is -2.33. The first-order chi connectivity index (χ1) is 14.1. The predicted molar refractivity (Wildman–Crippen MR) is 118 cm³/mol. The minimum Gasteiger partial charge on any atom is -0.480 e. The van der Waals surface area contributed by atoms with Crippen LogP contribution < -0.4 is 10.1 Å². The maximum Gasteiger partial charge on any atom is 0.233 e. The van der Waals surface area contributed by atoms with Crippen molar-refractivity contribution in [3.8, 4) is 5.88 Å². The molecule has 1 N–H and O–H groups in total. The maximum atomic E-state index is 5.06. The molecule has 7 heteroatoms. The van der Waals surface area contributed by atoms with Crippen molar-refractivity contribution >= 4 is 28.8 Å². The Morgan fingerprint density at radius 1 is 1.21 bits per heavy atom. The number of aliphatic imine (C=N–C) groups is 3. The normalized spacial score (nSPS) is 17.5. The number of nitrogens with one attached hydrogen (secondary N) is 1. The number of ether oxygens (including phenoxy) is 1. The lowest BCUT2D eigenvalue weighted by molar-refractivity contribution is 0.392. The molecule has 0 fully saturated rings. The number of allylic oxidation sites excluding steroid dienone is 2. The lowest BCUT2D eigenvalue weighted by atomic mass is 10.0. The molecule has 29 heavy (non-hydrogen) atoms. The molecule has 0 unspecified atom stereocenters. The number of hydrogen-bond donors (Lipinski definition) is 1. The van der Waals surface area contributed by atoms with E-state index in [0.717, 1.165) is 28.2 Å². The van der Waals surface area contributed by atoms with E-state index in [1.165, 1.54) is 0 Å². The second-order valence-corrected chi connectivity index (χ2v) is 6.29. The number of hydrogen-bond acceptors (Lipinski definition) is 6. The van der Waals surface area contributed by atoms with Crippen LogP contribution in [-0.4, -0.2) is 41.6 Å². The van der Waals surface area contributed by atoms with Crippen LogP contribution in [0.3, 0.4) is 0 Å². The summed E-state index contributed by atoms with van der Waals surface area (Å²) in [5.74, 6) is 1.57. The molecule has 1 aliphatic heterocycles. The molecule has 0 atom stereocenters. The Labute approximate surface area is 170 Å². The highest BCUT2D eigenvalue weighted by Gasteiger charge is 2.18. The zero-order chi connectivity index (χ0) is 20.6. The summed E-state index contributed by atoms with van der Waals surface area (Å²) in [7, 11) is 3.35. The number of nitrogens with zero attached hydrogens (tertiary/aromatic N) is 5. The molecule has 3 rings (SSSR count). The fraction of sp³-hybridized carbons (Fsp3) is 0.227. The predicted octanol–water partition coefficient (Wildman–Crippen LogP) is 3.96. The number of benzene rings is 1. The zero-order valence-electron chi connectivity index (χ0n) is 17.0. The molecule has 0 amide bonds. The minimum atomic E-state index is 0.443. The highest BCUT2D eigenvalue weighted by Crippen LogP contribution is 2.20. The third-order valence-electron chi connectivity index (χ3n) is 4.39. The first kappa shape index (κ1) is 20.1. The van der Waals surface area contributed by atoms with Crippen LogP contribution in [0.2, 0.25) is 0 Å². The average molecular weight is 388 g/mol. The topological polar surface area (TPSA) is 84.1 Å². The number of amidine groups is 1. The summed E-state index contributed by atoms with van der Waals surface area (Å²) < 4.78 is 5.06. The molecule has 2 aromatic rings. The second-order valence-electron chi connectivity index (χ2n) is 6.29. The fourth-order valence-corrected chi connectivity index (χ4v) is 2.74. The molecule has 7 nitrogen and oxygen atoms in total. The van der Waals surface area contributed by atoms with Gasteiger partial charge in [0.05, 0.1) is 12.8 Å². The van der Waals surface area contributed by atoms with Gasteiger partial charge in [0.15, 0.2) is 11.7 Å². The maximum absolute atomic E-state index is 5.06. The van der Waals surface area contributed by atoms with Crippen molar-refractivity contribution in [1.29, 1.82) is 0 Å². The largest absolute Gasteiger partial charge is 0.480 e. The average Bonchev–Trinajstić information content (AvgIpc) is 2.78. The van der Waals surface area contributed by atoms with Gasteiger partial charge in [-0.1, -0.05) is 30.4 Å². The molecular weight excluding hydrogens is 364 g/mol. The number of aromatic nitrogens is 2. The third kappa shape index (κ3) is 5.01. The van der Waals surface area contributed by atoms with Crippen LogP contribution in [0.1, 0.15) is 31.4 Å². The van der Waals surface area contributed by atoms with E-state index in [2.05, 4.69) is 54.8 Å². The van der Waals surface area contributed by atoms with Gasteiger partial charge in [0.1, 0.15) is 0 Å². The summed E-state index contributed by atoms with van der Waals surface area (Å²) in [4.78, 5) is 13.4. The van der Waals surface area contributed by atoms with Gasteiger partial charge in [0, 0.05) is 37.1 Å². The number of rotatable bonds is 5. The fourth-order valence-electron chi connectivity index (χ4n) is 2.74. The van der Waals surface area contributed by atoms with Crippen LogP contribution in [0.25, 0.3) is 5.70 Å². The standard InChI is InChI=1S/C22H24N6O/c1-5-13-24-19-10-9-18(17-8-6-7-16(14-17)15(2)23-3)25-22(19)26-20-11-12-21(29-4)28-27-20/h5-9,11-14H,10H2,1-4H3,(H,25,26,27)/b13-5-,23-15?,24-19?. The summed E-state index contributed by atoms with van der Waals surface area (Å²) in [6.45, 7) is 3.93. The summed E-state index contributed by atoms with van der Waals surface area (Å²) in [5, 5.41) is 11.5. The molecule has 0 radical (unpaired) electrons. The van der Waals surface area contributed by atoms with Gasteiger partial charge < -0.3 is 10.1 Å². The van der Waals surface area contributed by atoms with E-state index in [1.807, 2.05) is 26.0 Å². The van der Waals surface area contributed by atoms with Gasteiger partial charge in [-0.3, -0.25) is 9.98 Å². The molecule has 0 saturated heterocycles. The Balaban J connectivity index is 1.96. The van der Waals surface area contributed by atoms with Gasteiger partial charge in [-0.05, 0) is 37.1 Å². The van der Waals surface area contributed by atoms with Crippen molar-refractivity contribution < 1.29 is 4.74 Å². The quantitative estimate of drug-likeness (QED) is 0.786. The Hall–Kier alpha value is -3.61. The monoisotopic (exact) mass is 388 g/mol. The van der Waals surface area contributed by atoms with Crippen LogP contribution in [0.4, 0.5) is 5.82 Å². The van der Waals surface area contributed by atoms with Crippen LogP contribution in [-0.2, 0) is 0 Å². The van der Waals surface area contributed by atoms with Crippen molar-refractivity contribution in [1.82, 2.24) is 15.5 Å². The van der Waals surface area contributed by atoms with Crippen molar-refractivity contribution in [2.24, 2.45) is 15.0 Å². The van der Waals surface area contributed by atoms with E-state index in [4.69, 9.17) is 4.74 Å². The molecule has 0 saturated carbocycles. The van der Waals surface area contributed by atoms with Crippen LogP contribution >= 0.6 is 0 Å². The summed E-state index contributed by atoms with van der Waals surface area (Å²) in [6, 6.07) is 11.7. The Morgan fingerprint density at radius 2 is 2.07 bits per heavy atom. The van der Waals surface area contributed by atoms with Gasteiger partial charge in [-0.25, -0.2) is 4.99 Å². The van der Waals surface area contributed by atoms with Crippen LogP contribution in [0.15, 0.2) is 69.7 Å². The van der Waals surface area contributed by atoms with E-state index in [0.29, 0.717) is 24.0 Å². The molecular formula is C22H24N6O. The summed E-state index contributed by atoms with van der Waals surface area (Å²) >= 11 is 0. The van der Waals surface area contributed by atoms with Gasteiger partial charge in [-0.2, -0.15) is 0 Å². The summed E-state index contributed by atoms with van der Waals surface area (Å²) in [6.07, 6.45) is 6.40. The van der Waals surface area contributed by atoms with E-state index >= 15 is 0 Å². The summed E-state index contributed by atoms with van der Waals surface area (Å²) in [5.41, 5.74) is 4.92. The van der Waals surface area contributed by atoms with E-state index in [9.17, 15) is 0 Å². The van der Waals surface area contributed by atoms with Crippen molar-refractivity contribution in [3.05, 3.63) is 65.9 Å². The van der Waals surface area contributed by atoms with Crippen LogP contribution in [0, 0.1) is 0 Å². The molecule has 1 aromatic carbocycles. The molecule has 148 valence electrons. The first-order valence-electron chi connectivity index (χ1n) is 9.30. The third-order valence-corrected chi connectivity index (χ3v) is 4.39. The molecule has 2 heterocycles. The Morgan fingerprint density at radius 3 is 2.76 bits per heavy atom. The second kappa shape index (κ2) is 9.54. The molecule has 1 aliphatic rings. The van der Waals surface area contributed by atoms with Gasteiger partial charge in [0.25, 0.3) is 0 Å². The van der Waals surface area contributed by atoms with Crippen molar-refractivity contribution in [2.75, 3.05) is 14.2 Å². The molecule has 0 aliphatic carbocycles. The molecule has 0 bridgehead atoms. The van der Waals surface area contributed by atoms with Crippen molar-refractivity contribution in [2.45, 2.75) is 20.3 Å². The van der Waals surface area contributed by atoms with Gasteiger partial charge in [0.2, 0.25) is 5.88 Å².